The molecule has 0 radical (unpaired) electrons. The standard InChI is InChI=1S/C13H25N3O/c1-11(10-16-7-2-3-8-16)15-13(17)12-5-4-6-14-9-12/h11-12,14H,2-10H2,1H3,(H,15,17)/t11?,12-/m0/s1. The van der Waals surface area contributed by atoms with E-state index in [9.17, 15) is 4.79 Å². The maximum atomic E-state index is 12.0. The summed E-state index contributed by atoms with van der Waals surface area (Å²) in [6.45, 7) is 7.43. The normalized spacial score (nSPS) is 27.9. The van der Waals surface area contributed by atoms with E-state index in [1.807, 2.05) is 0 Å². The lowest BCUT2D eigenvalue weighted by atomic mass is 9.98. The van der Waals surface area contributed by atoms with Gasteiger partial charge in [-0.1, -0.05) is 0 Å². The summed E-state index contributed by atoms with van der Waals surface area (Å²) < 4.78 is 0. The van der Waals surface area contributed by atoms with E-state index in [0.29, 0.717) is 0 Å². The Morgan fingerprint density at radius 2 is 2.18 bits per heavy atom. The van der Waals surface area contributed by atoms with E-state index in [1.165, 1.54) is 25.9 Å². The van der Waals surface area contributed by atoms with Crippen molar-refractivity contribution in [1.82, 2.24) is 15.5 Å². The fourth-order valence-corrected chi connectivity index (χ4v) is 2.83. The first-order valence-electron chi connectivity index (χ1n) is 6.99. The number of rotatable bonds is 4. The summed E-state index contributed by atoms with van der Waals surface area (Å²) in [6, 6.07) is 0.280. The van der Waals surface area contributed by atoms with Gasteiger partial charge in [0.05, 0.1) is 5.92 Å². The summed E-state index contributed by atoms with van der Waals surface area (Å²) >= 11 is 0. The van der Waals surface area contributed by atoms with Gasteiger partial charge < -0.3 is 15.5 Å². The van der Waals surface area contributed by atoms with Crippen LogP contribution in [0.1, 0.15) is 32.6 Å². The molecule has 0 aromatic carbocycles. The van der Waals surface area contributed by atoms with E-state index in [4.69, 9.17) is 0 Å². The van der Waals surface area contributed by atoms with Crippen LogP contribution in [0.3, 0.4) is 0 Å². The van der Waals surface area contributed by atoms with Crippen LogP contribution in [0, 0.1) is 5.92 Å². The highest BCUT2D eigenvalue weighted by atomic mass is 16.2. The minimum Gasteiger partial charge on any atom is -0.352 e. The first kappa shape index (κ1) is 12.8. The summed E-state index contributed by atoms with van der Waals surface area (Å²) in [5.41, 5.74) is 0. The number of amides is 1. The molecule has 4 heteroatoms. The van der Waals surface area contributed by atoms with Crippen LogP contribution >= 0.6 is 0 Å². The van der Waals surface area contributed by atoms with E-state index < -0.39 is 0 Å². The van der Waals surface area contributed by atoms with Crippen molar-refractivity contribution in [2.75, 3.05) is 32.7 Å². The minimum atomic E-state index is 0.185. The SMILES string of the molecule is CC(CN1CCCC1)NC(=O)[C@H]1CCCNC1. The van der Waals surface area contributed by atoms with Crippen molar-refractivity contribution in [1.29, 1.82) is 0 Å². The van der Waals surface area contributed by atoms with E-state index in [1.54, 1.807) is 0 Å². The van der Waals surface area contributed by atoms with Crippen LogP contribution in [0.25, 0.3) is 0 Å². The molecule has 2 N–H and O–H groups in total. The van der Waals surface area contributed by atoms with Gasteiger partial charge >= 0.3 is 0 Å². The summed E-state index contributed by atoms with van der Waals surface area (Å²) in [4.78, 5) is 14.5. The van der Waals surface area contributed by atoms with Crippen molar-refractivity contribution in [3.8, 4) is 0 Å². The molecular weight excluding hydrogens is 214 g/mol. The van der Waals surface area contributed by atoms with Gasteiger partial charge in [0, 0.05) is 19.1 Å². The van der Waals surface area contributed by atoms with Crippen LogP contribution in [0.15, 0.2) is 0 Å². The first-order chi connectivity index (χ1) is 8.25. The zero-order valence-electron chi connectivity index (χ0n) is 10.9. The molecule has 0 spiro atoms. The topological polar surface area (TPSA) is 44.4 Å². The Hall–Kier alpha value is -0.610. The molecular formula is C13H25N3O. The van der Waals surface area contributed by atoms with Gasteiger partial charge in [-0.25, -0.2) is 0 Å². The third kappa shape index (κ3) is 3.96. The van der Waals surface area contributed by atoms with Crippen LogP contribution in [-0.2, 0) is 4.79 Å². The smallest absolute Gasteiger partial charge is 0.224 e. The molecule has 2 rings (SSSR count). The maximum Gasteiger partial charge on any atom is 0.224 e. The van der Waals surface area contributed by atoms with E-state index >= 15 is 0 Å². The zero-order valence-corrected chi connectivity index (χ0v) is 10.9. The second kappa shape index (κ2) is 6.36. The zero-order chi connectivity index (χ0) is 12.1. The minimum absolute atomic E-state index is 0.185. The Balaban J connectivity index is 1.69. The van der Waals surface area contributed by atoms with Crippen LogP contribution < -0.4 is 10.6 Å². The molecule has 0 aromatic heterocycles. The largest absolute Gasteiger partial charge is 0.352 e. The summed E-state index contributed by atoms with van der Waals surface area (Å²) in [7, 11) is 0. The van der Waals surface area contributed by atoms with Crippen molar-refractivity contribution >= 4 is 5.91 Å². The van der Waals surface area contributed by atoms with Gasteiger partial charge in [0.2, 0.25) is 5.91 Å². The van der Waals surface area contributed by atoms with Crippen molar-refractivity contribution in [2.24, 2.45) is 5.92 Å². The number of likely N-dealkylation sites (tertiary alicyclic amines) is 1. The lowest BCUT2D eigenvalue weighted by molar-refractivity contribution is -0.126. The number of hydrogen-bond donors (Lipinski definition) is 2. The third-order valence-corrected chi connectivity index (χ3v) is 3.79. The van der Waals surface area contributed by atoms with Crippen LogP contribution in [-0.4, -0.2) is 49.6 Å². The predicted molar refractivity (Wildman–Crippen MR) is 68.9 cm³/mol. The molecule has 2 heterocycles. The highest BCUT2D eigenvalue weighted by molar-refractivity contribution is 5.79. The lowest BCUT2D eigenvalue weighted by Crippen LogP contribution is -2.46. The number of carbonyl (C=O) groups excluding carboxylic acids is 1. The Labute approximate surface area is 104 Å². The first-order valence-corrected chi connectivity index (χ1v) is 6.99. The molecule has 4 nitrogen and oxygen atoms in total. The molecule has 0 aliphatic carbocycles. The molecule has 0 bridgehead atoms. The summed E-state index contributed by atoms with van der Waals surface area (Å²) in [6.07, 6.45) is 4.79. The van der Waals surface area contributed by atoms with Crippen LogP contribution in [0.5, 0.6) is 0 Å². The van der Waals surface area contributed by atoms with Gasteiger partial charge in [0.25, 0.3) is 0 Å². The number of nitrogens with zero attached hydrogens (tertiary/aromatic N) is 1. The fraction of sp³-hybridized carbons (Fsp3) is 0.923. The third-order valence-electron chi connectivity index (χ3n) is 3.79. The van der Waals surface area contributed by atoms with Gasteiger partial charge in [-0.2, -0.15) is 0 Å². The van der Waals surface area contributed by atoms with Crippen molar-refractivity contribution in [3.63, 3.8) is 0 Å². The number of hydrogen-bond acceptors (Lipinski definition) is 3. The molecule has 2 saturated heterocycles. The summed E-state index contributed by atoms with van der Waals surface area (Å²) in [5.74, 6) is 0.425. The molecule has 2 aliphatic rings. The Kier molecular flexibility index (Phi) is 4.80. The van der Waals surface area contributed by atoms with Crippen LogP contribution in [0.4, 0.5) is 0 Å². The van der Waals surface area contributed by atoms with Gasteiger partial charge in [0.15, 0.2) is 0 Å². The average Bonchev–Trinajstić information content (AvgIpc) is 2.82. The average molecular weight is 239 g/mol. The Morgan fingerprint density at radius 1 is 1.41 bits per heavy atom. The lowest BCUT2D eigenvalue weighted by Gasteiger charge is -2.26. The maximum absolute atomic E-state index is 12.0. The van der Waals surface area contributed by atoms with Crippen LogP contribution in [0.2, 0.25) is 0 Å². The molecule has 0 aromatic rings. The summed E-state index contributed by atoms with van der Waals surface area (Å²) in [5, 5.41) is 6.45. The second-order valence-electron chi connectivity index (χ2n) is 5.46. The van der Waals surface area contributed by atoms with E-state index in [-0.39, 0.29) is 17.9 Å². The van der Waals surface area contributed by atoms with Crippen molar-refractivity contribution < 1.29 is 4.79 Å². The van der Waals surface area contributed by atoms with Gasteiger partial charge in [0.1, 0.15) is 0 Å². The quantitative estimate of drug-likeness (QED) is 0.754. The van der Waals surface area contributed by atoms with E-state index in [2.05, 4.69) is 22.5 Å². The second-order valence-corrected chi connectivity index (χ2v) is 5.46. The molecule has 2 aliphatic heterocycles. The van der Waals surface area contributed by atoms with Gasteiger partial charge in [-0.05, 0) is 52.2 Å². The van der Waals surface area contributed by atoms with Crippen molar-refractivity contribution in [3.05, 3.63) is 0 Å². The van der Waals surface area contributed by atoms with Gasteiger partial charge in [-0.15, -0.1) is 0 Å². The monoisotopic (exact) mass is 239 g/mol. The molecule has 2 atom stereocenters. The molecule has 98 valence electrons. The Bertz CT molecular complexity index is 245. The molecule has 17 heavy (non-hydrogen) atoms. The highest BCUT2D eigenvalue weighted by Gasteiger charge is 2.23. The highest BCUT2D eigenvalue weighted by Crippen LogP contribution is 2.11. The molecule has 1 amide bonds. The number of nitrogens with one attached hydrogen (secondary N) is 2. The van der Waals surface area contributed by atoms with E-state index in [0.717, 1.165) is 32.5 Å². The molecule has 0 saturated carbocycles. The van der Waals surface area contributed by atoms with Crippen molar-refractivity contribution in [2.45, 2.75) is 38.6 Å². The number of carbonyl (C=O) groups is 1. The molecule has 2 fully saturated rings. The van der Waals surface area contributed by atoms with Gasteiger partial charge in [-0.3, -0.25) is 4.79 Å². The fourth-order valence-electron chi connectivity index (χ4n) is 2.83. The number of piperidine rings is 1. The molecule has 1 unspecified atom stereocenters. The predicted octanol–water partition coefficient (Wildman–Crippen LogP) is 0.587. The Morgan fingerprint density at radius 3 is 2.82 bits per heavy atom.